The molecule has 0 saturated carbocycles. The van der Waals surface area contributed by atoms with Gasteiger partial charge >= 0.3 is 6.03 Å². The van der Waals surface area contributed by atoms with Crippen molar-refractivity contribution < 1.29 is 19.1 Å². The van der Waals surface area contributed by atoms with Gasteiger partial charge in [-0.2, -0.15) is 0 Å². The van der Waals surface area contributed by atoms with E-state index in [0.29, 0.717) is 41.8 Å². The van der Waals surface area contributed by atoms with Crippen LogP contribution in [-0.4, -0.2) is 30.0 Å². The number of hydrogen-bond acceptors (Lipinski definition) is 4. The summed E-state index contributed by atoms with van der Waals surface area (Å²) in [6, 6.07) is 10.7. The van der Waals surface area contributed by atoms with E-state index in [-0.39, 0.29) is 11.6 Å². The minimum absolute atomic E-state index is 0.193. The van der Waals surface area contributed by atoms with E-state index in [2.05, 4.69) is 21.2 Å². The number of amides is 3. The zero-order valence-electron chi connectivity index (χ0n) is 16.0. The number of urea groups is 1. The fourth-order valence-corrected chi connectivity index (χ4v) is 3.37. The van der Waals surface area contributed by atoms with Gasteiger partial charge in [-0.1, -0.05) is 39.7 Å². The molecule has 0 aromatic heterocycles. The van der Waals surface area contributed by atoms with Gasteiger partial charge in [-0.25, -0.2) is 4.79 Å². The molecule has 8 heteroatoms. The lowest BCUT2D eigenvalue weighted by molar-refractivity contribution is -0.122. The van der Waals surface area contributed by atoms with Gasteiger partial charge in [-0.3, -0.25) is 9.69 Å². The first kappa shape index (κ1) is 21.2. The lowest BCUT2D eigenvalue weighted by atomic mass is 10.1. The number of nitrogens with one attached hydrogen (secondary N) is 1. The second kappa shape index (κ2) is 9.33. The highest BCUT2D eigenvalue weighted by molar-refractivity contribution is 9.10. The number of benzene rings is 2. The summed E-state index contributed by atoms with van der Waals surface area (Å²) < 4.78 is 12.6. The van der Waals surface area contributed by atoms with Crippen molar-refractivity contribution in [3.8, 4) is 11.5 Å². The molecule has 152 valence electrons. The van der Waals surface area contributed by atoms with Gasteiger partial charge < -0.3 is 14.8 Å². The molecule has 1 aliphatic rings. The van der Waals surface area contributed by atoms with Crippen LogP contribution in [0.15, 0.2) is 46.6 Å². The van der Waals surface area contributed by atoms with Crippen LogP contribution in [-0.2, 0) is 11.4 Å². The average Bonchev–Trinajstić information content (AvgIpc) is 2.95. The molecule has 2 aromatic rings. The number of carbonyl (C=O) groups is 2. The highest BCUT2D eigenvalue weighted by Gasteiger charge is 2.32. The van der Waals surface area contributed by atoms with Gasteiger partial charge in [-0.05, 0) is 55.3 Å². The van der Waals surface area contributed by atoms with E-state index in [9.17, 15) is 9.59 Å². The lowest BCUT2D eigenvalue weighted by Crippen LogP contribution is -2.30. The molecule has 0 atom stereocenters. The van der Waals surface area contributed by atoms with Crippen LogP contribution in [0.5, 0.6) is 11.5 Å². The van der Waals surface area contributed by atoms with E-state index in [0.717, 1.165) is 14.9 Å². The molecule has 1 fully saturated rings. The quantitative estimate of drug-likeness (QED) is 0.449. The Kier molecular flexibility index (Phi) is 6.82. The summed E-state index contributed by atoms with van der Waals surface area (Å²) in [6.45, 7) is 4.65. The topological polar surface area (TPSA) is 67.9 Å². The molecular weight excluding hydrogens is 460 g/mol. The molecule has 3 amide bonds. The maximum atomic E-state index is 12.3. The first-order chi connectivity index (χ1) is 13.9. The Hall–Kier alpha value is -2.51. The number of hydrogen-bond donors (Lipinski definition) is 1. The van der Waals surface area contributed by atoms with Crippen LogP contribution in [0.2, 0.25) is 5.02 Å². The normalized spacial score (nSPS) is 15.0. The van der Waals surface area contributed by atoms with E-state index in [1.165, 1.54) is 0 Å². The number of imide groups is 1. The molecule has 1 heterocycles. The van der Waals surface area contributed by atoms with Crippen molar-refractivity contribution in [3.05, 3.63) is 62.7 Å². The van der Waals surface area contributed by atoms with Crippen LogP contribution < -0.4 is 14.8 Å². The van der Waals surface area contributed by atoms with Crippen molar-refractivity contribution in [3.63, 3.8) is 0 Å². The van der Waals surface area contributed by atoms with Crippen molar-refractivity contribution >= 4 is 45.5 Å². The van der Waals surface area contributed by atoms with Gasteiger partial charge in [0, 0.05) is 11.0 Å². The number of ether oxygens (including phenoxy) is 2. The molecule has 29 heavy (non-hydrogen) atoms. The van der Waals surface area contributed by atoms with Gasteiger partial charge in [0.15, 0.2) is 11.5 Å². The molecule has 1 N–H and O–H groups in total. The maximum Gasteiger partial charge on any atom is 0.328 e. The molecule has 1 saturated heterocycles. The number of halogens is 2. The monoisotopic (exact) mass is 478 g/mol. The van der Waals surface area contributed by atoms with Crippen LogP contribution in [0.1, 0.15) is 25.0 Å². The molecule has 0 unspecified atom stereocenters. The molecular formula is C21H20BrClN2O4. The number of nitrogens with zero attached hydrogens (tertiary/aromatic N) is 1. The average molecular weight is 480 g/mol. The van der Waals surface area contributed by atoms with Crippen LogP contribution in [0.4, 0.5) is 4.79 Å². The zero-order valence-corrected chi connectivity index (χ0v) is 18.3. The Morgan fingerprint density at radius 3 is 2.48 bits per heavy atom. The third kappa shape index (κ3) is 4.92. The summed E-state index contributed by atoms with van der Waals surface area (Å²) in [4.78, 5) is 25.2. The molecule has 2 aromatic carbocycles. The van der Waals surface area contributed by atoms with Crippen LogP contribution in [0.3, 0.4) is 0 Å². The second-order valence-electron chi connectivity index (χ2n) is 6.22. The fourth-order valence-electron chi connectivity index (χ4n) is 2.84. The molecule has 3 rings (SSSR count). The van der Waals surface area contributed by atoms with Gasteiger partial charge in [0.25, 0.3) is 5.91 Å². The summed E-state index contributed by atoms with van der Waals surface area (Å²) in [6.07, 6.45) is 1.57. The zero-order chi connectivity index (χ0) is 21.0. The van der Waals surface area contributed by atoms with Crippen molar-refractivity contribution in [2.75, 3.05) is 13.2 Å². The van der Waals surface area contributed by atoms with Gasteiger partial charge in [0.05, 0.1) is 11.6 Å². The second-order valence-corrected chi connectivity index (χ2v) is 7.54. The minimum atomic E-state index is -0.436. The number of likely N-dealkylation sites (N-methyl/N-ethyl adjacent to an activating group) is 1. The van der Waals surface area contributed by atoms with Gasteiger partial charge in [-0.15, -0.1) is 0 Å². The van der Waals surface area contributed by atoms with E-state index < -0.39 is 6.03 Å². The molecule has 1 aliphatic heterocycles. The van der Waals surface area contributed by atoms with E-state index in [4.69, 9.17) is 21.1 Å². The lowest BCUT2D eigenvalue weighted by Gasteiger charge is -2.15. The first-order valence-corrected chi connectivity index (χ1v) is 10.3. The van der Waals surface area contributed by atoms with Gasteiger partial charge in [0.2, 0.25) is 0 Å². The Morgan fingerprint density at radius 1 is 1.14 bits per heavy atom. The van der Waals surface area contributed by atoms with Gasteiger partial charge in [0.1, 0.15) is 12.3 Å². The van der Waals surface area contributed by atoms with Crippen LogP contribution >= 0.6 is 27.5 Å². The van der Waals surface area contributed by atoms with Crippen molar-refractivity contribution in [1.29, 1.82) is 0 Å². The SMILES string of the molecule is CCOc1cc(/C=C2/NC(=O)N(CC)C2=O)cc(Cl)c1OCc1ccc(Br)cc1. The number of rotatable bonds is 7. The van der Waals surface area contributed by atoms with Crippen LogP contribution in [0, 0.1) is 0 Å². The summed E-state index contributed by atoms with van der Waals surface area (Å²) in [7, 11) is 0. The molecule has 6 nitrogen and oxygen atoms in total. The summed E-state index contributed by atoms with van der Waals surface area (Å²) in [5.74, 6) is 0.519. The number of carbonyl (C=O) groups excluding carboxylic acids is 2. The van der Waals surface area contributed by atoms with E-state index >= 15 is 0 Å². The molecule has 0 aliphatic carbocycles. The Labute approximate surface area is 182 Å². The molecule has 0 radical (unpaired) electrons. The predicted molar refractivity (Wildman–Crippen MR) is 115 cm³/mol. The van der Waals surface area contributed by atoms with Crippen molar-refractivity contribution in [2.24, 2.45) is 0 Å². The third-order valence-electron chi connectivity index (χ3n) is 4.22. The molecule has 0 bridgehead atoms. The minimum Gasteiger partial charge on any atom is -0.490 e. The fraction of sp³-hybridized carbons (Fsp3) is 0.238. The first-order valence-electron chi connectivity index (χ1n) is 9.11. The summed E-state index contributed by atoms with van der Waals surface area (Å²) in [5.41, 5.74) is 1.80. The predicted octanol–water partition coefficient (Wildman–Crippen LogP) is 4.99. The highest BCUT2D eigenvalue weighted by Crippen LogP contribution is 2.38. The third-order valence-corrected chi connectivity index (χ3v) is 5.03. The highest BCUT2D eigenvalue weighted by atomic mass is 79.9. The Balaban J connectivity index is 1.86. The smallest absolute Gasteiger partial charge is 0.328 e. The van der Waals surface area contributed by atoms with Crippen LogP contribution in [0.25, 0.3) is 6.08 Å². The van der Waals surface area contributed by atoms with E-state index in [1.54, 1.807) is 25.1 Å². The summed E-state index contributed by atoms with van der Waals surface area (Å²) >= 11 is 9.85. The van der Waals surface area contributed by atoms with Crippen molar-refractivity contribution in [2.45, 2.75) is 20.5 Å². The summed E-state index contributed by atoms with van der Waals surface area (Å²) in [5, 5.41) is 2.92. The largest absolute Gasteiger partial charge is 0.490 e. The molecule has 0 spiro atoms. The Bertz CT molecular complexity index is 960. The van der Waals surface area contributed by atoms with E-state index in [1.807, 2.05) is 31.2 Å². The maximum absolute atomic E-state index is 12.3. The van der Waals surface area contributed by atoms with Crippen molar-refractivity contribution in [1.82, 2.24) is 10.2 Å². The standard InChI is InChI=1S/C21H20BrClN2O4/c1-3-25-20(26)17(24-21(25)27)10-14-9-16(23)19(18(11-14)28-4-2)29-12-13-5-7-15(22)8-6-13/h5-11H,3-4,12H2,1-2H3,(H,24,27)/b17-10+. The Morgan fingerprint density at radius 2 is 1.86 bits per heavy atom.